The van der Waals surface area contributed by atoms with E-state index < -0.39 is 11.8 Å². The lowest BCUT2D eigenvalue weighted by molar-refractivity contribution is -0.136. The summed E-state index contributed by atoms with van der Waals surface area (Å²) in [7, 11) is 2.10. The molecule has 1 aromatic carbocycles. The van der Waals surface area contributed by atoms with Gasteiger partial charge in [0.25, 0.3) is 0 Å². The van der Waals surface area contributed by atoms with Crippen molar-refractivity contribution in [2.45, 2.75) is 26.2 Å². The third-order valence-corrected chi connectivity index (χ3v) is 4.24. The van der Waals surface area contributed by atoms with Crippen molar-refractivity contribution in [3.8, 4) is 0 Å². The minimum Gasteiger partial charge on any atom is -0.348 e. The van der Waals surface area contributed by atoms with Crippen molar-refractivity contribution < 1.29 is 9.59 Å². The maximum absolute atomic E-state index is 12.0. The second-order valence-electron chi connectivity index (χ2n) is 5.92. The van der Waals surface area contributed by atoms with Crippen LogP contribution in [-0.4, -0.2) is 43.4 Å². The fourth-order valence-electron chi connectivity index (χ4n) is 2.71. The fraction of sp³-hybridized carbons (Fsp3) is 0.529. The van der Waals surface area contributed by atoms with Gasteiger partial charge in [-0.1, -0.05) is 25.1 Å². The molecule has 0 radical (unpaired) electrons. The number of amides is 2. The Morgan fingerprint density at radius 2 is 1.86 bits per heavy atom. The summed E-state index contributed by atoms with van der Waals surface area (Å²) in [5.41, 5.74) is 1.74. The molecule has 0 spiro atoms. The van der Waals surface area contributed by atoms with Gasteiger partial charge in [0.15, 0.2) is 0 Å². The SMILES string of the molecule is CCc1ccccc1NC(=O)C(=O)NCC1CCN(C)CC1. The molecule has 120 valence electrons. The molecule has 1 fully saturated rings. The van der Waals surface area contributed by atoms with E-state index in [1.54, 1.807) is 0 Å². The first-order valence-corrected chi connectivity index (χ1v) is 7.95. The van der Waals surface area contributed by atoms with Gasteiger partial charge in [0.1, 0.15) is 0 Å². The molecule has 22 heavy (non-hydrogen) atoms. The Morgan fingerprint density at radius 3 is 2.55 bits per heavy atom. The Morgan fingerprint density at radius 1 is 1.18 bits per heavy atom. The molecule has 0 saturated carbocycles. The number of nitrogens with zero attached hydrogens (tertiary/aromatic N) is 1. The molecule has 1 aromatic rings. The highest BCUT2D eigenvalue weighted by molar-refractivity contribution is 6.39. The van der Waals surface area contributed by atoms with Crippen LogP contribution in [0.1, 0.15) is 25.3 Å². The predicted molar refractivity (Wildman–Crippen MR) is 87.7 cm³/mol. The summed E-state index contributed by atoms with van der Waals surface area (Å²) in [5.74, 6) is -0.672. The van der Waals surface area contributed by atoms with Gasteiger partial charge in [0.2, 0.25) is 0 Å². The average molecular weight is 303 g/mol. The quantitative estimate of drug-likeness (QED) is 0.831. The van der Waals surface area contributed by atoms with E-state index in [0.29, 0.717) is 18.2 Å². The van der Waals surface area contributed by atoms with Crippen molar-refractivity contribution in [1.82, 2.24) is 10.2 Å². The fourth-order valence-corrected chi connectivity index (χ4v) is 2.71. The molecular formula is C17H25N3O2. The molecule has 0 aliphatic carbocycles. The number of piperidine rings is 1. The molecule has 0 atom stereocenters. The van der Waals surface area contributed by atoms with Crippen molar-refractivity contribution >= 4 is 17.5 Å². The van der Waals surface area contributed by atoms with Crippen LogP contribution in [-0.2, 0) is 16.0 Å². The molecule has 1 saturated heterocycles. The second kappa shape index (κ2) is 7.94. The normalized spacial score (nSPS) is 16.3. The number of aryl methyl sites for hydroxylation is 1. The number of hydrogen-bond donors (Lipinski definition) is 2. The Bertz CT molecular complexity index is 522. The zero-order valence-corrected chi connectivity index (χ0v) is 13.4. The Labute approximate surface area is 132 Å². The number of hydrogen-bond acceptors (Lipinski definition) is 3. The molecule has 1 heterocycles. The van der Waals surface area contributed by atoms with Crippen molar-refractivity contribution in [1.29, 1.82) is 0 Å². The first-order valence-electron chi connectivity index (χ1n) is 7.95. The maximum atomic E-state index is 12.0. The third kappa shape index (κ3) is 4.56. The van der Waals surface area contributed by atoms with E-state index in [1.165, 1.54) is 0 Å². The lowest BCUT2D eigenvalue weighted by atomic mass is 9.97. The number of benzene rings is 1. The number of likely N-dealkylation sites (tertiary alicyclic amines) is 1. The molecule has 0 unspecified atom stereocenters. The topological polar surface area (TPSA) is 61.4 Å². The van der Waals surface area contributed by atoms with E-state index in [2.05, 4.69) is 22.6 Å². The lowest BCUT2D eigenvalue weighted by Gasteiger charge is -2.28. The predicted octanol–water partition coefficient (Wildman–Crippen LogP) is 1.65. The number of carbonyl (C=O) groups excluding carboxylic acids is 2. The first kappa shape index (κ1) is 16.5. The van der Waals surface area contributed by atoms with Crippen molar-refractivity contribution in [2.75, 3.05) is 32.0 Å². The van der Waals surface area contributed by atoms with Crippen LogP contribution in [0.2, 0.25) is 0 Å². The molecule has 5 heteroatoms. The van der Waals surface area contributed by atoms with E-state index >= 15 is 0 Å². The van der Waals surface area contributed by atoms with E-state index in [0.717, 1.165) is 37.9 Å². The summed E-state index contributed by atoms with van der Waals surface area (Å²) in [5, 5.41) is 5.45. The standard InChI is InChI=1S/C17H25N3O2/c1-3-14-6-4-5-7-15(14)19-17(22)16(21)18-12-13-8-10-20(2)11-9-13/h4-7,13H,3,8-12H2,1-2H3,(H,18,21)(H,19,22). The number of rotatable bonds is 4. The first-order chi connectivity index (χ1) is 10.6. The highest BCUT2D eigenvalue weighted by atomic mass is 16.2. The third-order valence-electron chi connectivity index (χ3n) is 4.24. The molecule has 2 amide bonds. The van der Waals surface area contributed by atoms with Crippen molar-refractivity contribution in [3.05, 3.63) is 29.8 Å². The zero-order chi connectivity index (χ0) is 15.9. The average Bonchev–Trinajstić information content (AvgIpc) is 2.54. The molecule has 1 aliphatic heterocycles. The van der Waals surface area contributed by atoms with Gasteiger partial charge in [-0.15, -0.1) is 0 Å². The number of nitrogens with one attached hydrogen (secondary N) is 2. The summed E-state index contributed by atoms with van der Waals surface area (Å²) in [6.45, 7) is 4.70. The van der Waals surface area contributed by atoms with Gasteiger partial charge in [0, 0.05) is 12.2 Å². The highest BCUT2D eigenvalue weighted by Crippen LogP contribution is 2.16. The Hall–Kier alpha value is -1.88. The summed E-state index contributed by atoms with van der Waals surface area (Å²) < 4.78 is 0. The molecule has 0 aromatic heterocycles. The van der Waals surface area contributed by atoms with E-state index in [1.807, 2.05) is 31.2 Å². The molecule has 1 aliphatic rings. The van der Waals surface area contributed by atoms with E-state index in [4.69, 9.17) is 0 Å². The summed E-state index contributed by atoms with van der Waals surface area (Å²) in [6.07, 6.45) is 2.95. The molecule has 0 bridgehead atoms. The number of anilines is 1. The van der Waals surface area contributed by atoms with Gasteiger partial charge in [-0.3, -0.25) is 9.59 Å². The van der Waals surface area contributed by atoms with Crippen molar-refractivity contribution in [3.63, 3.8) is 0 Å². The van der Waals surface area contributed by atoms with Gasteiger partial charge in [-0.25, -0.2) is 0 Å². The van der Waals surface area contributed by atoms with Gasteiger partial charge in [-0.05, 0) is 56.9 Å². The minimum atomic E-state index is -0.589. The van der Waals surface area contributed by atoms with Crippen LogP contribution in [0.3, 0.4) is 0 Å². The molecule has 2 rings (SSSR count). The van der Waals surface area contributed by atoms with Crippen LogP contribution < -0.4 is 10.6 Å². The van der Waals surface area contributed by atoms with Gasteiger partial charge < -0.3 is 15.5 Å². The molecular weight excluding hydrogens is 278 g/mol. The molecule has 2 N–H and O–H groups in total. The van der Waals surface area contributed by atoms with Crippen LogP contribution in [0.25, 0.3) is 0 Å². The van der Waals surface area contributed by atoms with Gasteiger partial charge >= 0.3 is 11.8 Å². The van der Waals surface area contributed by atoms with Crippen LogP contribution in [0.15, 0.2) is 24.3 Å². The van der Waals surface area contributed by atoms with E-state index in [9.17, 15) is 9.59 Å². The largest absolute Gasteiger partial charge is 0.348 e. The van der Waals surface area contributed by atoms with Crippen LogP contribution in [0.5, 0.6) is 0 Å². The van der Waals surface area contributed by atoms with Crippen LogP contribution in [0, 0.1) is 5.92 Å². The summed E-state index contributed by atoms with van der Waals surface area (Å²) in [6, 6.07) is 7.55. The highest BCUT2D eigenvalue weighted by Gasteiger charge is 2.20. The second-order valence-corrected chi connectivity index (χ2v) is 5.92. The van der Waals surface area contributed by atoms with Crippen LogP contribution in [0.4, 0.5) is 5.69 Å². The Balaban J connectivity index is 1.81. The monoisotopic (exact) mass is 303 g/mol. The summed E-state index contributed by atoms with van der Waals surface area (Å²) in [4.78, 5) is 26.2. The van der Waals surface area contributed by atoms with Gasteiger partial charge in [0.05, 0.1) is 0 Å². The number of para-hydroxylation sites is 1. The lowest BCUT2D eigenvalue weighted by Crippen LogP contribution is -2.41. The molecule has 5 nitrogen and oxygen atoms in total. The Kier molecular flexibility index (Phi) is 5.95. The zero-order valence-electron chi connectivity index (χ0n) is 13.4. The minimum absolute atomic E-state index is 0.468. The van der Waals surface area contributed by atoms with E-state index in [-0.39, 0.29) is 0 Å². The number of carbonyl (C=O) groups is 2. The van der Waals surface area contributed by atoms with Crippen molar-refractivity contribution in [2.24, 2.45) is 5.92 Å². The smallest absolute Gasteiger partial charge is 0.313 e. The summed E-state index contributed by atoms with van der Waals surface area (Å²) >= 11 is 0. The maximum Gasteiger partial charge on any atom is 0.313 e. The van der Waals surface area contributed by atoms with Crippen LogP contribution >= 0.6 is 0 Å². The van der Waals surface area contributed by atoms with Gasteiger partial charge in [-0.2, -0.15) is 0 Å².